The Labute approximate surface area is 219 Å². The van der Waals surface area contributed by atoms with Gasteiger partial charge >= 0.3 is 0 Å². The van der Waals surface area contributed by atoms with E-state index in [1.807, 2.05) is 48.5 Å². The van der Waals surface area contributed by atoms with Crippen molar-refractivity contribution in [2.75, 3.05) is 13.7 Å². The summed E-state index contributed by atoms with van der Waals surface area (Å²) < 4.78 is 12.5. The molecule has 4 aromatic rings. The van der Waals surface area contributed by atoms with E-state index in [9.17, 15) is 9.59 Å². The first kappa shape index (κ1) is 26.1. The van der Waals surface area contributed by atoms with Crippen molar-refractivity contribution in [3.05, 3.63) is 76.8 Å². The van der Waals surface area contributed by atoms with Gasteiger partial charge in [0.2, 0.25) is 0 Å². The summed E-state index contributed by atoms with van der Waals surface area (Å²) in [4.78, 5) is 31.3. The highest BCUT2D eigenvalue weighted by Gasteiger charge is 2.12. The Kier molecular flexibility index (Phi) is 9.04. The molecule has 37 heavy (non-hydrogen) atoms. The fourth-order valence-corrected chi connectivity index (χ4v) is 4.78. The number of carbonyl (C=O) groups excluding carboxylic acids is 1. The molecule has 0 spiro atoms. The molecule has 192 valence electrons. The third-order valence-electron chi connectivity index (χ3n) is 5.74. The van der Waals surface area contributed by atoms with Gasteiger partial charge in [0.1, 0.15) is 11.4 Å². The first-order valence-corrected chi connectivity index (χ1v) is 13.1. The summed E-state index contributed by atoms with van der Waals surface area (Å²) in [6.45, 7) is 2.62. The third-order valence-corrected chi connectivity index (χ3v) is 6.83. The average Bonchev–Trinajstić information content (AvgIpc) is 3.36. The molecule has 0 saturated carbocycles. The number of hydrogen-bond acceptors (Lipinski definition) is 7. The van der Waals surface area contributed by atoms with E-state index in [-0.39, 0.29) is 12.1 Å². The molecular weight excluding hydrogens is 488 g/mol. The van der Waals surface area contributed by atoms with Crippen molar-refractivity contribution in [1.29, 1.82) is 0 Å². The number of amides is 1. The number of hydrazone groups is 1. The standard InChI is InChI=1S/C28H30N4O4S/c1-3-4-5-9-14-36-23-13-12-20(15-24(23)35-2)17-30-31-26(33)18-32-19-29-27-22(28(32)34)16-25(37-27)21-10-7-6-8-11-21/h6-8,10-13,15-17,19H,3-5,9,14,18H2,1-2H3,(H,31,33)/b30-17-. The fraction of sp³-hybridized carbons (Fsp3) is 0.286. The molecule has 0 atom stereocenters. The zero-order chi connectivity index (χ0) is 26.0. The first-order chi connectivity index (χ1) is 18.1. The van der Waals surface area contributed by atoms with Crippen molar-refractivity contribution in [2.24, 2.45) is 5.10 Å². The van der Waals surface area contributed by atoms with Crippen LogP contribution in [0.15, 0.2) is 70.8 Å². The number of aromatic nitrogens is 2. The van der Waals surface area contributed by atoms with Crippen LogP contribution >= 0.6 is 11.3 Å². The van der Waals surface area contributed by atoms with Crippen LogP contribution in [0, 0.1) is 0 Å². The summed E-state index contributed by atoms with van der Waals surface area (Å²) in [6, 6.07) is 17.1. The van der Waals surface area contributed by atoms with Crippen molar-refractivity contribution >= 4 is 33.7 Å². The molecule has 2 aromatic carbocycles. The Hall–Kier alpha value is -3.98. The fourth-order valence-electron chi connectivity index (χ4n) is 3.78. The number of thiophene rings is 1. The Bertz CT molecular complexity index is 1430. The van der Waals surface area contributed by atoms with Gasteiger partial charge in [-0.2, -0.15) is 5.10 Å². The van der Waals surface area contributed by atoms with Crippen LogP contribution in [0.4, 0.5) is 0 Å². The van der Waals surface area contributed by atoms with Gasteiger partial charge < -0.3 is 9.47 Å². The molecule has 8 nitrogen and oxygen atoms in total. The highest BCUT2D eigenvalue weighted by molar-refractivity contribution is 7.21. The van der Waals surface area contributed by atoms with Gasteiger partial charge in [-0.25, -0.2) is 10.4 Å². The van der Waals surface area contributed by atoms with Gasteiger partial charge in [0.15, 0.2) is 11.5 Å². The molecule has 0 unspecified atom stereocenters. The minimum absolute atomic E-state index is 0.191. The number of unbranched alkanes of at least 4 members (excludes halogenated alkanes) is 3. The van der Waals surface area contributed by atoms with Gasteiger partial charge in [0, 0.05) is 4.88 Å². The summed E-state index contributed by atoms with van der Waals surface area (Å²) in [5.74, 6) is 0.839. The molecule has 0 radical (unpaired) electrons. The second kappa shape index (κ2) is 12.8. The molecule has 0 aliphatic rings. The Morgan fingerprint density at radius 2 is 1.95 bits per heavy atom. The predicted octanol–water partition coefficient (Wildman–Crippen LogP) is 5.24. The van der Waals surface area contributed by atoms with Crippen LogP contribution in [0.2, 0.25) is 0 Å². The van der Waals surface area contributed by atoms with E-state index in [0.29, 0.717) is 28.3 Å². The zero-order valence-corrected chi connectivity index (χ0v) is 21.8. The van der Waals surface area contributed by atoms with Crippen LogP contribution in [-0.4, -0.2) is 35.4 Å². The smallest absolute Gasteiger partial charge is 0.262 e. The minimum Gasteiger partial charge on any atom is -0.493 e. The van der Waals surface area contributed by atoms with Gasteiger partial charge in [-0.05, 0) is 41.8 Å². The van der Waals surface area contributed by atoms with Crippen molar-refractivity contribution in [3.63, 3.8) is 0 Å². The number of hydrogen-bond donors (Lipinski definition) is 1. The quantitative estimate of drug-likeness (QED) is 0.157. The van der Waals surface area contributed by atoms with Gasteiger partial charge in [0.25, 0.3) is 11.5 Å². The molecule has 0 saturated heterocycles. The van der Waals surface area contributed by atoms with Gasteiger partial charge in [-0.1, -0.05) is 56.5 Å². The molecular formula is C28H30N4O4S. The molecule has 2 heterocycles. The lowest BCUT2D eigenvalue weighted by atomic mass is 10.2. The maximum absolute atomic E-state index is 12.9. The van der Waals surface area contributed by atoms with Crippen LogP contribution < -0.4 is 20.5 Å². The lowest BCUT2D eigenvalue weighted by Crippen LogP contribution is -2.29. The second-order valence-corrected chi connectivity index (χ2v) is 9.52. The number of nitrogens with zero attached hydrogens (tertiary/aromatic N) is 3. The number of nitrogens with one attached hydrogen (secondary N) is 1. The van der Waals surface area contributed by atoms with Crippen LogP contribution in [0.5, 0.6) is 11.5 Å². The maximum Gasteiger partial charge on any atom is 0.262 e. The Morgan fingerprint density at radius 3 is 2.73 bits per heavy atom. The molecule has 4 rings (SSSR count). The van der Waals surface area contributed by atoms with E-state index in [1.54, 1.807) is 13.2 Å². The van der Waals surface area contributed by atoms with Crippen LogP contribution in [0.25, 0.3) is 20.7 Å². The second-order valence-electron chi connectivity index (χ2n) is 8.49. The number of benzene rings is 2. The molecule has 1 N–H and O–H groups in total. The van der Waals surface area contributed by atoms with Gasteiger partial charge in [0.05, 0.1) is 31.6 Å². The minimum atomic E-state index is -0.433. The van der Waals surface area contributed by atoms with Crippen LogP contribution in [-0.2, 0) is 11.3 Å². The van der Waals surface area contributed by atoms with E-state index in [0.717, 1.165) is 28.8 Å². The molecule has 0 bridgehead atoms. The molecule has 0 aliphatic carbocycles. The number of methoxy groups -OCH3 is 1. The summed E-state index contributed by atoms with van der Waals surface area (Å²) in [5.41, 5.74) is 3.96. The van der Waals surface area contributed by atoms with Crippen LogP contribution in [0.1, 0.15) is 38.2 Å². The Balaban J connectivity index is 1.36. The monoisotopic (exact) mass is 518 g/mol. The van der Waals surface area contributed by atoms with E-state index in [1.165, 1.54) is 41.3 Å². The third kappa shape index (κ3) is 6.83. The summed E-state index contributed by atoms with van der Waals surface area (Å²) in [5, 5.41) is 4.51. The average molecular weight is 519 g/mol. The molecule has 1 amide bonds. The lowest BCUT2D eigenvalue weighted by Gasteiger charge is -2.11. The molecule has 0 aliphatic heterocycles. The van der Waals surface area contributed by atoms with Gasteiger partial charge in [-0.3, -0.25) is 14.2 Å². The maximum atomic E-state index is 12.9. The van der Waals surface area contributed by atoms with Crippen molar-refractivity contribution in [2.45, 2.75) is 39.2 Å². The predicted molar refractivity (Wildman–Crippen MR) is 148 cm³/mol. The SMILES string of the molecule is CCCCCCOc1ccc(/C=N\NC(=O)Cn2cnc3sc(-c4ccccc4)cc3c2=O)cc1OC. The summed E-state index contributed by atoms with van der Waals surface area (Å²) in [7, 11) is 1.58. The normalized spacial score (nSPS) is 11.2. The van der Waals surface area contributed by atoms with E-state index >= 15 is 0 Å². The molecule has 0 fully saturated rings. The summed E-state index contributed by atoms with van der Waals surface area (Å²) in [6.07, 6.45) is 7.43. The first-order valence-electron chi connectivity index (χ1n) is 12.3. The van der Waals surface area contributed by atoms with E-state index in [2.05, 4.69) is 22.4 Å². The number of carbonyl (C=O) groups is 1. The van der Waals surface area contributed by atoms with E-state index in [4.69, 9.17) is 9.47 Å². The topological polar surface area (TPSA) is 94.8 Å². The highest BCUT2D eigenvalue weighted by atomic mass is 32.1. The largest absolute Gasteiger partial charge is 0.493 e. The number of ether oxygens (including phenoxy) is 2. The van der Waals surface area contributed by atoms with Crippen molar-refractivity contribution in [3.8, 4) is 21.9 Å². The number of fused-ring (bicyclic) bond motifs is 1. The van der Waals surface area contributed by atoms with Crippen LogP contribution in [0.3, 0.4) is 0 Å². The Morgan fingerprint density at radius 1 is 1.11 bits per heavy atom. The zero-order valence-electron chi connectivity index (χ0n) is 21.0. The highest BCUT2D eigenvalue weighted by Crippen LogP contribution is 2.30. The summed E-state index contributed by atoms with van der Waals surface area (Å²) >= 11 is 1.45. The van der Waals surface area contributed by atoms with E-state index < -0.39 is 5.91 Å². The molecule has 2 aromatic heterocycles. The van der Waals surface area contributed by atoms with Gasteiger partial charge in [-0.15, -0.1) is 11.3 Å². The van der Waals surface area contributed by atoms with Crippen molar-refractivity contribution < 1.29 is 14.3 Å². The number of rotatable bonds is 12. The molecule has 9 heteroatoms. The van der Waals surface area contributed by atoms with Crippen molar-refractivity contribution in [1.82, 2.24) is 15.0 Å². The lowest BCUT2D eigenvalue weighted by molar-refractivity contribution is -0.121.